The molecule has 2 atom stereocenters. The SMILES string of the molecule is [B]C1CCC(C(F)(F)F)CC1=O. The summed E-state index contributed by atoms with van der Waals surface area (Å²) >= 11 is 0. The lowest BCUT2D eigenvalue weighted by Crippen LogP contribution is -2.31. The van der Waals surface area contributed by atoms with Crippen molar-refractivity contribution in [2.75, 3.05) is 0 Å². The van der Waals surface area contributed by atoms with E-state index in [0.717, 1.165) is 0 Å². The summed E-state index contributed by atoms with van der Waals surface area (Å²) in [5, 5.41) is 0. The molecule has 0 bridgehead atoms. The van der Waals surface area contributed by atoms with Crippen LogP contribution in [-0.4, -0.2) is 19.8 Å². The molecule has 1 rings (SSSR count). The molecule has 0 aliphatic heterocycles. The van der Waals surface area contributed by atoms with E-state index in [4.69, 9.17) is 7.85 Å². The van der Waals surface area contributed by atoms with Crippen LogP contribution in [0.25, 0.3) is 0 Å². The maximum Gasteiger partial charge on any atom is 0.392 e. The first kappa shape index (κ1) is 9.61. The van der Waals surface area contributed by atoms with Crippen molar-refractivity contribution >= 4 is 13.6 Å². The molecule has 5 heteroatoms. The van der Waals surface area contributed by atoms with Crippen molar-refractivity contribution in [3.63, 3.8) is 0 Å². The number of halogens is 3. The number of carbonyl (C=O) groups excluding carboxylic acids is 1. The first-order valence-corrected chi connectivity index (χ1v) is 3.76. The van der Waals surface area contributed by atoms with E-state index >= 15 is 0 Å². The molecule has 0 aromatic rings. The average molecular weight is 176 g/mol. The number of ketones is 1. The number of alkyl halides is 3. The van der Waals surface area contributed by atoms with Crippen LogP contribution in [0.5, 0.6) is 0 Å². The minimum Gasteiger partial charge on any atom is -0.300 e. The van der Waals surface area contributed by atoms with Crippen molar-refractivity contribution in [2.45, 2.75) is 31.3 Å². The molecule has 1 saturated carbocycles. The van der Waals surface area contributed by atoms with Crippen molar-refractivity contribution in [3.8, 4) is 0 Å². The van der Waals surface area contributed by atoms with Gasteiger partial charge >= 0.3 is 6.18 Å². The summed E-state index contributed by atoms with van der Waals surface area (Å²) in [4.78, 5) is 10.8. The number of rotatable bonds is 0. The summed E-state index contributed by atoms with van der Waals surface area (Å²) < 4.78 is 36.1. The van der Waals surface area contributed by atoms with E-state index in [-0.39, 0.29) is 12.8 Å². The van der Waals surface area contributed by atoms with Gasteiger partial charge in [0.25, 0.3) is 0 Å². The molecule has 0 N–H and O–H groups in total. The highest BCUT2D eigenvalue weighted by Crippen LogP contribution is 2.38. The molecule has 2 unspecified atom stereocenters. The maximum atomic E-state index is 12.0. The first-order chi connectivity index (χ1) is 5.41. The van der Waals surface area contributed by atoms with Crippen molar-refractivity contribution < 1.29 is 18.0 Å². The van der Waals surface area contributed by atoms with Gasteiger partial charge in [-0.25, -0.2) is 0 Å². The zero-order valence-electron chi connectivity index (χ0n) is 6.40. The number of hydrogen-bond donors (Lipinski definition) is 0. The zero-order chi connectivity index (χ0) is 9.35. The molecule has 0 aromatic heterocycles. The van der Waals surface area contributed by atoms with Crippen molar-refractivity contribution in [2.24, 2.45) is 5.92 Å². The predicted octanol–water partition coefficient (Wildman–Crippen LogP) is 1.87. The third-order valence-electron chi connectivity index (χ3n) is 2.15. The lowest BCUT2D eigenvalue weighted by atomic mass is 9.71. The van der Waals surface area contributed by atoms with Gasteiger partial charge in [-0.15, -0.1) is 0 Å². The summed E-state index contributed by atoms with van der Waals surface area (Å²) in [6.45, 7) is 0. The monoisotopic (exact) mass is 176 g/mol. The van der Waals surface area contributed by atoms with Crippen LogP contribution in [0.1, 0.15) is 19.3 Å². The molecule has 1 fully saturated rings. The second-order valence-electron chi connectivity index (χ2n) is 3.09. The van der Waals surface area contributed by atoms with Gasteiger partial charge < -0.3 is 4.79 Å². The van der Waals surface area contributed by atoms with Crippen LogP contribution in [0, 0.1) is 5.92 Å². The van der Waals surface area contributed by atoms with Crippen LogP contribution < -0.4 is 0 Å². The van der Waals surface area contributed by atoms with E-state index in [1.54, 1.807) is 0 Å². The Bertz CT molecular complexity index is 190. The standard InChI is InChI=1S/C7H8BF3O/c8-5-2-1-4(3-6(5)12)7(9,10)11/h4-5H,1-3H2. The largest absolute Gasteiger partial charge is 0.392 e. The lowest BCUT2D eigenvalue weighted by molar-refractivity contribution is -0.183. The molecule has 12 heavy (non-hydrogen) atoms. The van der Waals surface area contributed by atoms with Crippen LogP contribution in [0.4, 0.5) is 13.2 Å². The van der Waals surface area contributed by atoms with Crippen LogP contribution in [-0.2, 0) is 4.79 Å². The Balaban J connectivity index is 2.57. The second kappa shape index (κ2) is 3.11. The Morgan fingerprint density at radius 1 is 1.33 bits per heavy atom. The fraction of sp³-hybridized carbons (Fsp3) is 0.857. The van der Waals surface area contributed by atoms with Gasteiger partial charge in [-0.1, -0.05) is 6.42 Å². The smallest absolute Gasteiger partial charge is 0.300 e. The number of Topliss-reactive ketones (excluding diaryl/α,β-unsaturated/α-hetero) is 1. The van der Waals surface area contributed by atoms with Gasteiger partial charge in [-0.05, 0) is 12.2 Å². The number of hydrogen-bond acceptors (Lipinski definition) is 1. The molecule has 2 radical (unpaired) electrons. The minimum absolute atomic E-state index is 0.0175. The van der Waals surface area contributed by atoms with Gasteiger partial charge in [0, 0.05) is 6.42 Å². The Morgan fingerprint density at radius 2 is 1.92 bits per heavy atom. The summed E-state index contributed by atoms with van der Waals surface area (Å²) in [7, 11) is 5.27. The van der Waals surface area contributed by atoms with Crippen LogP contribution >= 0.6 is 0 Å². The van der Waals surface area contributed by atoms with Gasteiger partial charge in [0.1, 0.15) is 5.78 Å². The molecular formula is C7H8BF3O. The fourth-order valence-corrected chi connectivity index (χ4v) is 1.32. The molecule has 1 nitrogen and oxygen atoms in total. The summed E-state index contributed by atoms with van der Waals surface area (Å²) in [5.74, 6) is -2.61. The molecule has 0 amide bonds. The summed E-state index contributed by atoms with van der Waals surface area (Å²) in [6.07, 6.45) is -4.54. The normalized spacial score (nSPS) is 32.1. The maximum absolute atomic E-state index is 12.0. The Morgan fingerprint density at radius 3 is 2.33 bits per heavy atom. The quantitative estimate of drug-likeness (QED) is 0.515. The first-order valence-electron chi connectivity index (χ1n) is 3.76. The molecule has 1 aliphatic carbocycles. The molecule has 0 aromatic carbocycles. The van der Waals surface area contributed by atoms with Gasteiger partial charge in [-0.2, -0.15) is 13.2 Å². The Labute approximate surface area is 69.7 Å². The van der Waals surface area contributed by atoms with Crippen LogP contribution in [0.2, 0.25) is 5.82 Å². The predicted molar refractivity (Wildman–Crippen MR) is 37.9 cm³/mol. The topological polar surface area (TPSA) is 17.1 Å². The average Bonchev–Trinajstić information content (AvgIpc) is 1.92. The Kier molecular flexibility index (Phi) is 2.49. The Hall–Kier alpha value is -0.475. The van der Waals surface area contributed by atoms with Gasteiger partial charge in [0.05, 0.1) is 13.8 Å². The molecular weight excluding hydrogens is 168 g/mol. The van der Waals surface area contributed by atoms with E-state index in [1.165, 1.54) is 0 Å². The van der Waals surface area contributed by atoms with Gasteiger partial charge in [0.2, 0.25) is 0 Å². The second-order valence-corrected chi connectivity index (χ2v) is 3.09. The molecule has 0 spiro atoms. The van der Waals surface area contributed by atoms with Gasteiger partial charge in [-0.3, -0.25) is 0 Å². The highest BCUT2D eigenvalue weighted by molar-refractivity contribution is 6.24. The fourth-order valence-electron chi connectivity index (χ4n) is 1.32. The van der Waals surface area contributed by atoms with E-state index in [1.807, 2.05) is 0 Å². The van der Waals surface area contributed by atoms with Gasteiger partial charge in [0.15, 0.2) is 0 Å². The zero-order valence-corrected chi connectivity index (χ0v) is 6.40. The van der Waals surface area contributed by atoms with Crippen molar-refractivity contribution in [3.05, 3.63) is 0 Å². The molecule has 1 aliphatic rings. The number of carbonyl (C=O) groups is 1. The third-order valence-corrected chi connectivity index (χ3v) is 2.15. The lowest BCUT2D eigenvalue weighted by Gasteiger charge is -2.26. The van der Waals surface area contributed by atoms with Crippen molar-refractivity contribution in [1.29, 1.82) is 0 Å². The molecule has 0 saturated heterocycles. The van der Waals surface area contributed by atoms with E-state index in [2.05, 4.69) is 0 Å². The molecule has 0 heterocycles. The highest BCUT2D eigenvalue weighted by atomic mass is 19.4. The summed E-state index contributed by atoms with van der Waals surface area (Å²) in [6, 6.07) is 0. The third kappa shape index (κ3) is 2.02. The molecule has 66 valence electrons. The van der Waals surface area contributed by atoms with Crippen LogP contribution in [0.15, 0.2) is 0 Å². The van der Waals surface area contributed by atoms with E-state index < -0.39 is 30.1 Å². The highest BCUT2D eigenvalue weighted by Gasteiger charge is 2.43. The van der Waals surface area contributed by atoms with E-state index in [0.29, 0.717) is 0 Å². The van der Waals surface area contributed by atoms with Crippen molar-refractivity contribution in [1.82, 2.24) is 0 Å². The van der Waals surface area contributed by atoms with Crippen LogP contribution in [0.3, 0.4) is 0 Å². The van der Waals surface area contributed by atoms with E-state index in [9.17, 15) is 18.0 Å². The summed E-state index contributed by atoms with van der Waals surface area (Å²) in [5.41, 5.74) is 0. The minimum atomic E-state index is -4.24.